The molecular formula is C11H12ClNO. The fourth-order valence-electron chi connectivity index (χ4n) is 1.49. The van der Waals surface area contributed by atoms with Crippen molar-refractivity contribution in [2.24, 2.45) is 11.8 Å². The molecule has 3 heteroatoms. The molecule has 1 fully saturated rings. The van der Waals surface area contributed by atoms with Crippen LogP contribution >= 0.6 is 11.6 Å². The van der Waals surface area contributed by atoms with Gasteiger partial charge >= 0.3 is 0 Å². The lowest BCUT2D eigenvalue weighted by Crippen LogP contribution is -2.14. The Hall–Kier alpha value is -1.02. The second-order valence-electron chi connectivity index (χ2n) is 3.82. The van der Waals surface area contributed by atoms with Crippen molar-refractivity contribution in [3.8, 4) is 0 Å². The SMILES string of the molecule is C[C@@H]1C[C@@H]1C(=O)Nc1cccc(Cl)c1. The smallest absolute Gasteiger partial charge is 0.227 e. The molecule has 1 aliphatic carbocycles. The minimum atomic E-state index is 0.111. The summed E-state index contributed by atoms with van der Waals surface area (Å²) in [6.07, 6.45) is 1.01. The topological polar surface area (TPSA) is 29.1 Å². The zero-order chi connectivity index (χ0) is 10.1. The fourth-order valence-corrected chi connectivity index (χ4v) is 1.68. The predicted molar refractivity (Wildman–Crippen MR) is 57.4 cm³/mol. The Morgan fingerprint density at radius 3 is 2.86 bits per heavy atom. The van der Waals surface area contributed by atoms with E-state index in [-0.39, 0.29) is 11.8 Å². The van der Waals surface area contributed by atoms with Gasteiger partial charge in [0.1, 0.15) is 0 Å². The van der Waals surface area contributed by atoms with Crippen molar-refractivity contribution < 1.29 is 4.79 Å². The minimum absolute atomic E-state index is 0.111. The zero-order valence-electron chi connectivity index (χ0n) is 7.96. The van der Waals surface area contributed by atoms with Gasteiger partial charge < -0.3 is 5.32 Å². The molecule has 1 aromatic carbocycles. The molecule has 0 unspecified atom stereocenters. The van der Waals surface area contributed by atoms with Gasteiger partial charge in [0.25, 0.3) is 0 Å². The fraction of sp³-hybridized carbons (Fsp3) is 0.364. The molecule has 2 rings (SSSR count). The Kier molecular flexibility index (Phi) is 2.46. The van der Waals surface area contributed by atoms with Crippen LogP contribution in [0.4, 0.5) is 5.69 Å². The van der Waals surface area contributed by atoms with Crippen molar-refractivity contribution in [2.75, 3.05) is 5.32 Å². The molecule has 0 radical (unpaired) electrons. The maximum atomic E-state index is 11.5. The first kappa shape index (κ1) is 9.53. The van der Waals surface area contributed by atoms with E-state index in [9.17, 15) is 4.79 Å². The molecule has 0 heterocycles. The van der Waals surface area contributed by atoms with Gasteiger partial charge in [-0.15, -0.1) is 0 Å². The lowest BCUT2D eigenvalue weighted by molar-refractivity contribution is -0.117. The summed E-state index contributed by atoms with van der Waals surface area (Å²) in [5.41, 5.74) is 0.779. The quantitative estimate of drug-likeness (QED) is 0.797. The van der Waals surface area contributed by atoms with E-state index in [4.69, 9.17) is 11.6 Å². The van der Waals surface area contributed by atoms with Gasteiger partial charge in [-0.25, -0.2) is 0 Å². The third-order valence-electron chi connectivity index (χ3n) is 2.54. The summed E-state index contributed by atoms with van der Waals surface area (Å²) in [5, 5.41) is 3.50. The van der Waals surface area contributed by atoms with Crippen LogP contribution in [0.2, 0.25) is 5.02 Å². The van der Waals surface area contributed by atoms with E-state index < -0.39 is 0 Å². The predicted octanol–water partition coefficient (Wildman–Crippen LogP) is 2.93. The van der Waals surface area contributed by atoms with Crippen LogP contribution < -0.4 is 5.32 Å². The lowest BCUT2D eigenvalue weighted by Gasteiger charge is -2.04. The number of rotatable bonds is 2. The van der Waals surface area contributed by atoms with Gasteiger partial charge in [0.05, 0.1) is 0 Å². The van der Waals surface area contributed by atoms with Crippen LogP contribution in [0.1, 0.15) is 13.3 Å². The highest BCUT2D eigenvalue weighted by Gasteiger charge is 2.38. The number of carbonyl (C=O) groups is 1. The maximum Gasteiger partial charge on any atom is 0.227 e. The van der Waals surface area contributed by atoms with Gasteiger partial charge in [0.2, 0.25) is 5.91 Å². The number of nitrogens with one attached hydrogen (secondary N) is 1. The Morgan fingerprint density at radius 2 is 2.29 bits per heavy atom. The number of anilines is 1. The van der Waals surface area contributed by atoms with Crippen molar-refractivity contribution in [1.29, 1.82) is 0 Å². The highest BCUT2D eigenvalue weighted by Crippen LogP contribution is 2.38. The first-order valence-electron chi connectivity index (χ1n) is 4.73. The maximum absolute atomic E-state index is 11.5. The number of hydrogen-bond acceptors (Lipinski definition) is 1. The normalized spacial score (nSPS) is 24.4. The summed E-state index contributed by atoms with van der Waals surface area (Å²) in [7, 11) is 0. The van der Waals surface area contributed by atoms with Crippen molar-refractivity contribution in [1.82, 2.24) is 0 Å². The largest absolute Gasteiger partial charge is 0.326 e. The molecule has 0 aliphatic heterocycles. The second-order valence-corrected chi connectivity index (χ2v) is 4.26. The lowest BCUT2D eigenvalue weighted by atomic mass is 10.3. The van der Waals surface area contributed by atoms with Crippen LogP contribution in [0.15, 0.2) is 24.3 Å². The molecular weight excluding hydrogens is 198 g/mol. The van der Waals surface area contributed by atoms with Crippen LogP contribution in [0.25, 0.3) is 0 Å². The first-order chi connectivity index (χ1) is 6.66. The molecule has 1 aliphatic rings. The number of carbonyl (C=O) groups excluding carboxylic acids is 1. The summed E-state index contributed by atoms with van der Waals surface area (Å²) in [5.74, 6) is 0.850. The highest BCUT2D eigenvalue weighted by molar-refractivity contribution is 6.30. The van der Waals surface area contributed by atoms with Gasteiger partial charge in [-0.05, 0) is 30.5 Å². The molecule has 0 aromatic heterocycles. The van der Waals surface area contributed by atoms with Crippen LogP contribution in [-0.2, 0) is 4.79 Å². The summed E-state index contributed by atoms with van der Waals surface area (Å²) in [6, 6.07) is 7.22. The Morgan fingerprint density at radius 1 is 1.57 bits per heavy atom. The molecule has 0 saturated heterocycles. The van der Waals surface area contributed by atoms with Gasteiger partial charge in [0.15, 0.2) is 0 Å². The Balaban J connectivity index is 2.00. The zero-order valence-corrected chi connectivity index (χ0v) is 8.71. The number of benzene rings is 1. The van der Waals surface area contributed by atoms with E-state index >= 15 is 0 Å². The number of halogens is 1. The van der Waals surface area contributed by atoms with Gasteiger partial charge in [-0.1, -0.05) is 24.6 Å². The average molecular weight is 210 g/mol. The molecule has 0 spiro atoms. The van der Waals surface area contributed by atoms with Crippen molar-refractivity contribution >= 4 is 23.2 Å². The molecule has 2 nitrogen and oxygen atoms in total. The summed E-state index contributed by atoms with van der Waals surface area (Å²) in [6.45, 7) is 2.09. The highest BCUT2D eigenvalue weighted by atomic mass is 35.5. The Bertz CT molecular complexity index is 364. The minimum Gasteiger partial charge on any atom is -0.326 e. The molecule has 0 bridgehead atoms. The van der Waals surface area contributed by atoms with Crippen molar-refractivity contribution in [3.63, 3.8) is 0 Å². The summed E-state index contributed by atoms with van der Waals surface area (Å²) in [4.78, 5) is 11.5. The van der Waals surface area contributed by atoms with Crippen LogP contribution in [0, 0.1) is 11.8 Å². The van der Waals surface area contributed by atoms with Crippen LogP contribution in [-0.4, -0.2) is 5.91 Å². The van der Waals surface area contributed by atoms with E-state index in [1.54, 1.807) is 12.1 Å². The van der Waals surface area contributed by atoms with Gasteiger partial charge in [-0.3, -0.25) is 4.79 Å². The Labute approximate surface area is 88.3 Å². The third kappa shape index (κ3) is 2.07. The van der Waals surface area contributed by atoms with Gasteiger partial charge in [0, 0.05) is 16.6 Å². The van der Waals surface area contributed by atoms with E-state index in [1.807, 2.05) is 12.1 Å². The molecule has 1 amide bonds. The molecule has 1 aromatic rings. The monoisotopic (exact) mass is 209 g/mol. The van der Waals surface area contributed by atoms with E-state index in [0.717, 1.165) is 12.1 Å². The second kappa shape index (κ2) is 3.62. The average Bonchev–Trinajstić information content (AvgIpc) is 2.82. The number of hydrogen-bond donors (Lipinski definition) is 1. The van der Waals surface area contributed by atoms with E-state index in [0.29, 0.717) is 10.9 Å². The van der Waals surface area contributed by atoms with Crippen molar-refractivity contribution in [2.45, 2.75) is 13.3 Å². The number of amides is 1. The van der Waals surface area contributed by atoms with Crippen LogP contribution in [0.5, 0.6) is 0 Å². The first-order valence-corrected chi connectivity index (χ1v) is 5.11. The van der Waals surface area contributed by atoms with Crippen molar-refractivity contribution in [3.05, 3.63) is 29.3 Å². The van der Waals surface area contributed by atoms with E-state index in [2.05, 4.69) is 12.2 Å². The molecule has 14 heavy (non-hydrogen) atoms. The summed E-state index contributed by atoms with van der Waals surface area (Å²) >= 11 is 5.80. The third-order valence-corrected chi connectivity index (χ3v) is 2.77. The van der Waals surface area contributed by atoms with Crippen LogP contribution in [0.3, 0.4) is 0 Å². The van der Waals surface area contributed by atoms with Gasteiger partial charge in [-0.2, -0.15) is 0 Å². The van der Waals surface area contributed by atoms with E-state index in [1.165, 1.54) is 0 Å². The molecule has 1 saturated carbocycles. The molecule has 2 atom stereocenters. The summed E-state index contributed by atoms with van der Waals surface area (Å²) < 4.78 is 0. The molecule has 74 valence electrons. The molecule has 1 N–H and O–H groups in total. The standard InChI is InChI=1S/C11H12ClNO/c1-7-5-10(7)11(14)13-9-4-2-3-8(12)6-9/h2-4,6-7,10H,5H2,1H3,(H,13,14)/t7-,10+/m1/s1.